The number of carbonyl (C=O) groups excluding carboxylic acids is 2. The van der Waals surface area contributed by atoms with Crippen LogP contribution in [0.1, 0.15) is 24.0 Å². The van der Waals surface area contributed by atoms with Crippen LogP contribution in [0.5, 0.6) is 0 Å². The van der Waals surface area contributed by atoms with Gasteiger partial charge < -0.3 is 0 Å². The molecule has 0 unspecified atom stereocenters. The van der Waals surface area contributed by atoms with Gasteiger partial charge in [-0.1, -0.05) is 24.3 Å². The third-order valence-electron chi connectivity index (χ3n) is 2.46. The molecule has 1 aromatic rings. The van der Waals surface area contributed by atoms with E-state index in [-0.39, 0.29) is 0 Å². The number of isocyanates is 2. The van der Waals surface area contributed by atoms with Gasteiger partial charge in [-0.3, -0.25) is 0 Å². The highest BCUT2D eigenvalue weighted by molar-refractivity contribution is 5.35. The summed E-state index contributed by atoms with van der Waals surface area (Å²) in [6, 6.07) is 7.88. The fourth-order valence-corrected chi connectivity index (χ4v) is 1.63. The van der Waals surface area contributed by atoms with E-state index >= 15 is 0 Å². The maximum Gasteiger partial charge on any atom is 0.235 e. The Morgan fingerprint density at radius 2 is 1.65 bits per heavy atom. The molecule has 0 radical (unpaired) electrons. The molecule has 0 aliphatic rings. The van der Waals surface area contributed by atoms with Crippen LogP contribution in [0.4, 0.5) is 0 Å². The quantitative estimate of drug-likeness (QED) is 0.409. The summed E-state index contributed by atoms with van der Waals surface area (Å²) in [4.78, 5) is 27.0. The van der Waals surface area contributed by atoms with Crippen molar-refractivity contribution >= 4 is 12.2 Å². The summed E-state index contributed by atoms with van der Waals surface area (Å²) in [5.74, 6) is 0. The lowest BCUT2D eigenvalue weighted by Gasteiger charge is -2.05. The standard InChI is InChI=1S/C13H14N2O2/c16-10-14-8-4-3-6-12-5-1-2-7-13(12)9-15-11-17/h1-2,5,7H,3-4,6,8-9H2. The van der Waals surface area contributed by atoms with Gasteiger partial charge in [-0.05, 0) is 30.4 Å². The second-order valence-electron chi connectivity index (χ2n) is 3.61. The third-order valence-corrected chi connectivity index (χ3v) is 2.46. The predicted octanol–water partition coefficient (Wildman–Crippen LogP) is 2.18. The Bertz CT molecular complexity index is 444. The number of benzene rings is 1. The van der Waals surface area contributed by atoms with E-state index < -0.39 is 0 Å². The molecule has 1 aromatic carbocycles. The molecule has 0 N–H and O–H groups in total. The molecule has 0 spiro atoms. The highest BCUT2D eigenvalue weighted by Crippen LogP contribution is 2.13. The Morgan fingerprint density at radius 1 is 0.941 bits per heavy atom. The lowest BCUT2D eigenvalue weighted by Crippen LogP contribution is -1.94. The van der Waals surface area contributed by atoms with Crippen molar-refractivity contribution in [2.45, 2.75) is 25.8 Å². The van der Waals surface area contributed by atoms with E-state index in [1.54, 1.807) is 6.08 Å². The van der Waals surface area contributed by atoms with Crippen molar-refractivity contribution in [2.75, 3.05) is 6.54 Å². The van der Waals surface area contributed by atoms with Gasteiger partial charge in [-0.15, -0.1) is 0 Å². The number of hydrogen-bond acceptors (Lipinski definition) is 4. The average molecular weight is 230 g/mol. The number of rotatable bonds is 7. The van der Waals surface area contributed by atoms with Gasteiger partial charge >= 0.3 is 0 Å². The van der Waals surface area contributed by atoms with Gasteiger partial charge in [0, 0.05) is 0 Å². The normalized spacial score (nSPS) is 9.18. The molecule has 0 heterocycles. The summed E-state index contributed by atoms with van der Waals surface area (Å²) < 4.78 is 0. The van der Waals surface area contributed by atoms with Crippen molar-refractivity contribution in [3.63, 3.8) is 0 Å². The summed E-state index contributed by atoms with van der Waals surface area (Å²) in [6.07, 6.45) is 5.78. The second kappa shape index (κ2) is 8.17. The van der Waals surface area contributed by atoms with Crippen LogP contribution >= 0.6 is 0 Å². The van der Waals surface area contributed by atoms with Crippen molar-refractivity contribution in [3.05, 3.63) is 35.4 Å². The van der Waals surface area contributed by atoms with Crippen LogP contribution in [0.3, 0.4) is 0 Å². The van der Waals surface area contributed by atoms with Gasteiger partial charge in [-0.25, -0.2) is 19.6 Å². The van der Waals surface area contributed by atoms with Gasteiger partial charge in [0.2, 0.25) is 12.2 Å². The predicted molar refractivity (Wildman–Crippen MR) is 64.2 cm³/mol. The molecule has 0 amide bonds. The molecule has 0 aliphatic carbocycles. The lowest BCUT2D eigenvalue weighted by molar-refractivity contribution is 0.561. The van der Waals surface area contributed by atoms with E-state index in [0.29, 0.717) is 13.1 Å². The first-order chi connectivity index (χ1) is 8.38. The summed E-state index contributed by atoms with van der Waals surface area (Å²) in [6.45, 7) is 0.907. The van der Waals surface area contributed by atoms with E-state index in [1.807, 2.05) is 24.3 Å². The zero-order valence-corrected chi connectivity index (χ0v) is 9.56. The minimum absolute atomic E-state index is 0.381. The molecule has 0 saturated carbocycles. The van der Waals surface area contributed by atoms with Gasteiger partial charge in [0.1, 0.15) is 0 Å². The Hall–Kier alpha value is -2.02. The highest BCUT2D eigenvalue weighted by Gasteiger charge is 2.00. The molecule has 0 bridgehead atoms. The first-order valence-electron chi connectivity index (χ1n) is 5.52. The minimum atomic E-state index is 0.381. The summed E-state index contributed by atoms with van der Waals surface area (Å²) in [7, 11) is 0. The molecule has 88 valence electrons. The van der Waals surface area contributed by atoms with Crippen LogP contribution in [0.25, 0.3) is 0 Å². The molecule has 0 aliphatic heterocycles. The Kier molecular flexibility index (Phi) is 6.27. The second-order valence-corrected chi connectivity index (χ2v) is 3.61. The Labute approximate surface area is 100 Å². The maximum absolute atomic E-state index is 10.1. The fourth-order valence-electron chi connectivity index (χ4n) is 1.63. The number of aliphatic imine (C=N–C) groups is 2. The molecule has 17 heavy (non-hydrogen) atoms. The maximum atomic E-state index is 10.1. The van der Waals surface area contributed by atoms with E-state index in [9.17, 15) is 9.59 Å². The molecular formula is C13H14N2O2. The number of unbranched alkanes of at least 4 members (excludes halogenated alkanes) is 1. The van der Waals surface area contributed by atoms with Crippen molar-refractivity contribution < 1.29 is 9.59 Å². The first-order valence-corrected chi connectivity index (χ1v) is 5.52. The van der Waals surface area contributed by atoms with Crippen LogP contribution < -0.4 is 0 Å². The highest BCUT2D eigenvalue weighted by atomic mass is 16.1. The zero-order chi connectivity index (χ0) is 12.3. The first kappa shape index (κ1) is 13.0. The molecule has 0 atom stereocenters. The van der Waals surface area contributed by atoms with Crippen molar-refractivity contribution in [3.8, 4) is 0 Å². The topological polar surface area (TPSA) is 58.9 Å². The molecule has 0 aromatic heterocycles. The van der Waals surface area contributed by atoms with Crippen molar-refractivity contribution in [1.29, 1.82) is 0 Å². The summed E-state index contributed by atoms with van der Waals surface area (Å²) >= 11 is 0. The van der Waals surface area contributed by atoms with Gasteiger partial charge in [0.15, 0.2) is 0 Å². The van der Waals surface area contributed by atoms with Crippen LogP contribution in [0.2, 0.25) is 0 Å². The van der Waals surface area contributed by atoms with Crippen LogP contribution in [-0.2, 0) is 22.6 Å². The van der Waals surface area contributed by atoms with Crippen molar-refractivity contribution in [1.82, 2.24) is 0 Å². The van der Waals surface area contributed by atoms with E-state index in [1.165, 1.54) is 11.6 Å². The molecule has 4 heteroatoms. The van der Waals surface area contributed by atoms with E-state index in [0.717, 1.165) is 24.8 Å². The lowest BCUT2D eigenvalue weighted by atomic mass is 10.0. The molecular weight excluding hydrogens is 216 g/mol. The molecule has 0 fully saturated rings. The Balaban J connectivity index is 2.51. The third kappa shape index (κ3) is 5.03. The van der Waals surface area contributed by atoms with E-state index in [2.05, 4.69) is 9.98 Å². The van der Waals surface area contributed by atoms with Gasteiger partial charge in [-0.2, -0.15) is 0 Å². The number of hydrogen-bond donors (Lipinski definition) is 0. The van der Waals surface area contributed by atoms with Crippen LogP contribution in [0, 0.1) is 0 Å². The Morgan fingerprint density at radius 3 is 2.35 bits per heavy atom. The van der Waals surface area contributed by atoms with Crippen LogP contribution in [0.15, 0.2) is 34.3 Å². The summed E-state index contributed by atoms with van der Waals surface area (Å²) in [5, 5.41) is 0. The number of aryl methyl sites for hydroxylation is 1. The number of nitrogens with zero attached hydrogens (tertiary/aromatic N) is 2. The fraction of sp³-hybridized carbons (Fsp3) is 0.385. The van der Waals surface area contributed by atoms with Crippen LogP contribution in [-0.4, -0.2) is 18.7 Å². The van der Waals surface area contributed by atoms with Gasteiger partial charge in [0.25, 0.3) is 0 Å². The smallest absolute Gasteiger partial charge is 0.211 e. The molecule has 4 nitrogen and oxygen atoms in total. The largest absolute Gasteiger partial charge is 0.235 e. The molecule has 1 rings (SSSR count). The monoisotopic (exact) mass is 230 g/mol. The van der Waals surface area contributed by atoms with E-state index in [4.69, 9.17) is 0 Å². The molecule has 0 saturated heterocycles. The van der Waals surface area contributed by atoms with Gasteiger partial charge in [0.05, 0.1) is 13.1 Å². The SMILES string of the molecule is O=C=NCCCCc1ccccc1CN=C=O. The minimum Gasteiger partial charge on any atom is -0.211 e. The average Bonchev–Trinajstić information content (AvgIpc) is 2.37. The zero-order valence-electron chi connectivity index (χ0n) is 9.56. The van der Waals surface area contributed by atoms with Crippen molar-refractivity contribution in [2.24, 2.45) is 9.98 Å². The summed E-state index contributed by atoms with van der Waals surface area (Å²) in [5.41, 5.74) is 2.23.